The van der Waals surface area contributed by atoms with Crippen molar-refractivity contribution < 1.29 is 0 Å². The normalized spacial score (nSPS) is 15.9. The van der Waals surface area contributed by atoms with Crippen LogP contribution in [0.25, 0.3) is 0 Å². The zero-order valence-corrected chi connectivity index (χ0v) is 17.6. The molecule has 1 saturated carbocycles. The Kier molecular flexibility index (Phi) is 8.94. The first-order valence-electron chi connectivity index (χ1n) is 9.41. The van der Waals surface area contributed by atoms with Crippen LogP contribution >= 0.6 is 24.0 Å². The summed E-state index contributed by atoms with van der Waals surface area (Å²) in [5.41, 5.74) is 7.35. The molecule has 1 fully saturated rings. The molecule has 5 nitrogen and oxygen atoms in total. The van der Waals surface area contributed by atoms with Gasteiger partial charge in [-0.15, -0.1) is 24.0 Å². The molecule has 26 heavy (non-hydrogen) atoms. The van der Waals surface area contributed by atoms with Gasteiger partial charge in [0.25, 0.3) is 0 Å². The molecule has 1 aliphatic rings. The molecule has 1 aromatic carbocycles. The van der Waals surface area contributed by atoms with Crippen LogP contribution < -0.4 is 11.1 Å². The number of rotatable bonds is 6. The van der Waals surface area contributed by atoms with Crippen LogP contribution in [-0.2, 0) is 13.0 Å². The van der Waals surface area contributed by atoms with Crippen molar-refractivity contribution >= 4 is 29.9 Å². The maximum atomic E-state index is 6.07. The van der Waals surface area contributed by atoms with Gasteiger partial charge < -0.3 is 15.6 Å². The Morgan fingerprint density at radius 1 is 1.15 bits per heavy atom. The SMILES string of the molecule is I.NC(=NCCc1nccn1Cc1ccccc1)NC1CCCCCC1. The molecule has 0 radical (unpaired) electrons. The molecule has 0 saturated heterocycles. The molecule has 6 heteroatoms. The fraction of sp³-hybridized carbons (Fsp3) is 0.500. The molecule has 1 aromatic heterocycles. The lowest BCUT2D eigenvalue weighted by atomic mass is 10.1. The van der Waals surface area contributed by atoms with Crippen LogP contribution in [0.4, 0.5) is 0 Å². The number of halogens is 1. The molecule has 0 amide bonds. The van der Waals surface area contributed by atoms with Gasteiger partial charge >= 0.3 is 0 Å². The van der Waals surface area contributed by atoms with E-state index in [1.807, 2.05) is 18.5 Å². The van der Waals surface area contributed by atoms with Crippen molar-refractivity contribution in [1.29, 1.82) is 0 Å². The lowest BCUT2D eigenvalue weighted by Crippen LogP contribution is -2.40. The highest BCUT2D eigenvalue weighted by Gasteiger charge is 2.12. The van der Waals surface area contributed by atoms with Crippen LogP contribution in [0.15, 0.2) is 47.7 Å². The summed E-state index contributed by atoms with van der Waals surface area (Å²) in [5.74, 6) is 1.63. The minimum Gasteiger partial charge on any atom is -0.370 e. The molecule has 3 rings (SSSR count). The Hall–Kier alpha value is -1.57. The average Bonchev–Trinajstić information content (AvgIpc) is 2.89. The van der Waals surface area contributed by atoms with Gasteiger partial charge in [0.15, 0.2) is 5.96 Å². The summed E-state index contributed by atoms with van der Waals surface area (Å²) in [5, 5.41) is 3.39. The lowest BCUT2D eigenvalue weighted by Gasteiger charge is -2.16. The van der Waals surface area contributed by atoms with E-state index in [1.165, 1.54) is 44.1 Å². The maximum Gasteiger partial charge on any atom is 0.188 e. The standard InChI is InChI=1S/C20H29N5.HI/c21-20(24-18-10-6-1-2-7-11-18)23-13-12-19-22-14-15-25(19)16-17-8-4-3-5-9-17;/h3-5,8-9,14-15,18H,1-2,6-7,10-13,16H2,(H3,21,23,24);1H. The first-order chi connectivity index (χ1) is 12.3. The number of aromatic nitrogens is 2. The van der Waals surface area contributed by atoms with Gasteiger partial charge in [-0.25, -0.2) is 4.98 Å². The van der Waals surface area contributed by atoms with Crippen molar-refractivity contribution in [3.05, 3.63) is 54.1 Å². The second kappa shape index (κ2) is 11.2. The molecule has 0 atom stereocenters. The van der Waals surface area contributed by atoms with E-state index in [4.69, 9.17) is 5.73 Å². The Morgan fingerprint density at radius 3 is 2.62 bits per heavy atom. The van der Waals surface area contributed by atoms with Gasteiger partial charge in [-0.05, 0) is 18.4 Å². The van der Waals surface area contributed by atoms with Gasteiger partial charge in [0.2, 0.25) is 0 Å². The molecule has 3 N–H and O–H groups in total. The number of nitrogens with two attached hydrogens (primary N) is 1. The molecule has 142 valence electrons. The zero-order chi connectivity index (χ0) is 17.3. The third kappa shape index (κ3) is 6.63. The van der Waals surface area contributed by atoms with Gasteiger partial charge in [0, 0.05) is 37.9 Å². The Bertz CT molecular complexity index is 660. The van der Waals surface area contributed by atoms with E-state index >= 15 is 0 Å². The third-order valence-corrected chi connectivity index (χ3v) is 4.82. The molecule has 0 aliphatic heterocycles. The molecule has 0 bridgehead atoms. The van der Waals surface area contributed by atoms with Crippen molar-refractivity contribution in [3.63, 3.8) is 0 Å². The lowest BCUT2D eigenvalue weighted by molar-refractivity contribution is 0.530. The summed E-state index contributed by atoms with van der Waals surface area (Å²) >= 11 is 0. The summed E-state index contributed by atoms with van der Waals surface area (Å²) in [7, 11) is 0. The van der Waals surface area contributed by atoms with Crippen LogP contribution in [0.1, 0.15) is 49.9 Å². The molecular weight excluding hydrogens is 437 g/mol. The first kappa shape index (κ1) is 20.7. The highest BCUT2D eigenvalue weighted by atomic mass is 127. The highest BCUT2D eigenvalue weighted by molar-refractivity contribution is 14.0. The third-order valence-electron chi connectivity index (χ3n) is 4.82. The van der Waals surface area contributed by atoms with E-state index < -0.39 is 0 Å². The van der Waals surface area contributed by atoms with E-state index in [-0.39, 0.29) is 24.0 Å². The van der Waals surface area contributed by atoms with E-state index in [9.17, 15) is 0 Å². The molecule has 0 unspecified atom stereocenters. The summed E-state index contributed by atoms with van der Waals surface area (Å²) < 4.78 is 2.18. The van der Waals surface area contributed by atoms with Crippen molar-refractivity contribution in [1.82, 2.24) is 14.9 Å². The fourth-order valence-corrected chi connectivity index (χ4v) is 3.45. The Labute approximate surface area is 173 Å². The number of benzene rings is 1. The number of aliphatic imine (C=N–C) groups is 1. The summed E-state index contributed by atoms with van der Waals surface area (Å²) in [4.78, 5) is 8.97. The zero-order valence-electron chi connectivity index (χ0n) is 15.3. The van der Waals surface area contributed by atoms with E-state index in [1.54, 1.807) is 0 Å². The summed E-state index contributed by atoms with van der Waals surface area (Å²) in [6.07, 6.45) is 12.4. The average molecular weight is 467 g/mol. The fourth-order valence-electron chi connectivity index (χ4n) is 3.45. The first-order valence-corrected chi connectivity index (χ1v) is 9.41. The van der Waals surface area contributed by atoms with E-state index in [0.717, 1.165) is 18.8 Å². The van der Waals surface area contributed by atoms with Gasteiger partial charge in [-0.2, -0.15) is 0 Å². The molecule has 2 aromatic rings. The van der Waals surface area contributed by atoms with Crippen molar-refractivity contribution in [2.45, 2.75) is 57.5 Å². The van der Waals surface area contributed by atoms with Crippen LogP contribution in [0.2, 0.25) is 0 Å². The number of hydrogen-bond donors (Lipinski definition) is 2. The Morgan fingerprint density at radius 2 is 1.88 bits per heavy atom. The van der Waals surface area contributed by atoms with Crippen molar-refractivity contribution in [3.8, 4) is 0 Å². The number of guanidine groups is 1. The van der Waals surface area contributed by atoms with Gasteiger partial charge in [0.05, 0.1) is 0 Å². The molecule has 0 spiro atoms. The molecule has 1 aliphatic carbocycles. The van der Waals surface area contributed by atoms with Crippen LogP contribution in [0.5, 0.6) is 0 Å². The second-order valence-electron chi connectivity index (χ2n) is 6.81. The number of hydrogen-bond acceptors (Lipinski definition) is 2. The largest absolute Gasteiger partial charge is 0.370 e. The smallest absolute Gasteiger partial charge is 0.188 e. The van der Waals surface area contributed by atoms with Crippen molar-refractivity contribution in [2.75, 3.05) is 6.54 Å². The number of nitrogens with one attached hydrogen (secondary N) is 1. The number of imidazole rings is 1. The minimum atomic E-state index is 0. The predicted molar refractivity (Wildman–Crippen MR) is 118 cm³/mol. The van der Waals surface area contributed by atoms with Crippen LogP contribution in [0, 0.1) is 0 Å². The molecule has 1 heterocycles. The minimum absolute atomic E-state index is 0. The summed E-state index contributed by atoms with van der Waals surface area (Å²) in [6.45, 7) is 1.51. The number of nitrogens with zero attached hydrogens (tertiary/aromatic N) is 3. The topological polar surface area (TPSA) is 68.2 Å². The van der Waals surface area contributed by atoms with E-state index in [2.05, 4.69) is 44.1 Å². The Balaban J connectivity index is 0.00000243. The quantitative estimate of drug-likeness (QED) is 0.295. The second-order valence-corrected chi connectivity index (χ2v) is 6.81. The van der Waals surface area contributed by atoms with Crippen LogP contribution in [-0.4, -0.2) is 28.1 Å². The summed E-state index contributed by atoms with van der Waals surface area (Å²) in [6, 6.07) is 10.9. The highest BCUT2D eigenvalue weighted by Crippen LogP contribution is 2.16. The maximum absolute atomic E-state index is 6.07. The van der Waals surface area contributed by atoms with Crippen molar-refractivity contribution in [2.24, 2.45) is 10.7 Å². The van der Waals surface area contributed by atoms with E-state index in [0.29, 0.717) is 18.5 Å². The van der Waals surface area contributed by atoms with Crippen LogP contribution in [0.3, 0.4) is 0 Å². The van der Waals surface area contributed by atoms with Gasteiger partial charge in [-0.3, -0.25) is 4.99 Å². The van der Waals surface area contributed by atoms with Gasteiger partial charge in [-0.1, -0.05) is 56.0 Å². The molecular formula is C20H30IN5. The predicted octanol–water partition coefficient (Wildman–Crippen LogP) is 3.72. The van der Waals surface area contributed by atoms with Gasteiger partial charge in [0.1, 0.15) is 5.82 Å². The monoisotopic (exact) mass is 467 g/mol.